The molecular weight excluding hydrogens is 252 g/mol. The average molecular weight is 272 g/mol. The molecule has 3 nitrogen and oxygen atoms in total. The van der Waals surface area contributed by atoms with Gasteiger partial charge in [0.15, 0.2) is 0 Å². The first kappa shape index (κ1) is 14.4. The van der Waals surface area contributed by atoms with E-state index in [2.05, 4.69) is 0 Å². The lowest BCUT2D eigenvalue weighted by Crippen LogP contribution is -2.06. The normalized spacial score (nSPS) is 10.2. The van der Waals surface area contributed by atoms with Crippen LogP contribution in [0.1, 0.15) is 12.0 Å². The summed E-state index contributed by atoms with van der Waals surface area (Å²) in [6.45, 7) is 1.37. The summed E-state index contributed by atoms with van der Waals surface area (Å²) in [5, 5.41) is 9.00. The van der Waals surface area contributed by atoms with Gasteiger partial charge in [0.05, 0.1) is 13.2 Å². The van der Waals surface area contributed by atoms with Gasteiger partial charge in [0.2, 0.25) is 0 Å². The summed E-state index contributed by atoms with van der Waals surface area (Å²) < 4.78 is 11.3. The lowest BCUT2D eigenvalue weighted by atomic mass is 10.1. The molecule has 0 amide bonds. The van der Waals surface area contributed by atoms with Crippen LogP contribution in [-0.2, 0) is 6.42 Å². The molecular formula is C17H20O3. The van der Waals surface area contributed by atoms with E-state index >= 15 is 0 Å². The lowest BCUT2D eigenvalue weighted by molar-refractivity contribution is 0.244. The van der Waals surface area contributed by atoms with Crippen LogP contribution in [0.25, 0.3) is 0 Å². The standard InChI is InChI=1S/C17H20O3/c18-12-11-15-7-4-5-10-17(15)20-14-6-13-19-16-8-2-1-3-9-16/h1-5,7-10,18H,6,11-14H2. The van der Waals surface area contributed by atoms with E-state index in [4.69, 9.17) is 14.6 Å². The van der Waals surface area contributed by atoms with Crippen LogP contribution in [0.5, 0.6) is 11.5 Å². The zero-order valence-corrected chi connectivity index (χ0v) is 11.5. The first-order valence-corrected chi connectivity index (χ1v) is 6.89. The van der Waals surface area contributed by atoms with Gasteiger partial charge in [-0.1, -0.05) is 36.4 Å². The van der Waals surface area contributed by atoms with Gasteiger partial charge in [-0.15, -0.1) is 0 Å². The summed E-state index contributed by atoms with van der Waals surface area (Å²) in [5.74, 6) is 1.73. The molecule has 0 unspecified atom stereocenters. The topological polar surface area (TPSA) is 38.7 Å². The molecule has 0 heterocycles. The van der Waals surface area contributed by atoms with Gasteiger partial charge >= 0.3 is 0 Å². The predicted octanol–water partition coefficient (Wildman–Crippen LogP) is 3.07. The Hall–Kier alpha value is -2.00. The zero-order valence-electron chi connectivity index (χ0n) is 11.5. The monoisotopic (exact) mass is 272 g/mol. The second kappa shape index (κ2) is 8.23. The van der Waals surface area contributed by atoms with Crippen molar-refractivity contribution in [2.24, 2.45) is 0 Å². The quantitative estimate of drug-likeness (QED) is 0.751. The minimum atomic E-state index is 0.136. The molecule has 0 saturated heterocycles. The molecule has 2 aromatic rings. The molecule has 0 saturated carbocycles. The van der Waals surface area contributed by atoms with E-state index in [1.807, 2.05) is 54.6 Å². The van der Waals surface area contributed by atoms with Crippen LogP contribution in [-0.4, -0.2) is 24.9 Å². The molecule has 0 aliphatic carbocycles. The average Bonchev–Trinajstić information content (AvgIpc) is 2.50. The van der Waals surface area contributed by atoms with Crippen molar-refractivity contribution in [2.45, 2.75) is 12.8 Å². The maximum atomic E-state index is 9.00. The largest absolute Gasteiger partial charge is 0.493 e. The van der Waals surface area contributed by atoms with E-state index in [0.717, 1.165) is 23.5 Å². The van der Waals surface area contributed by atoms with Crippen LogP contribution in [0.4, 0.5) is 0 Å². The maximum Gasteiger partial charge on any atom is 0.122 e. The minimum absolute atomic E-state index is 0.136. The molecule has 0 spiro atoms. The molecule has 20 heavy (non-hydrogen) atoms. The number of ether oxygens (including phenoxy) is 2. The Morgan fingerprint density at radius 3 is 2.30 bits per heavy atom. The smallest absolute Gasteiger partial charge is 0.122 e. The van der Waals surface area contributed by atoms with Crippen LogP contribution in [0.2, 0.25) is 0 Å². The van der Waals surface area contributed by atoms with E-state index in [1.54, 1.807) is 0 Å². The van der Waals surface area contributed by atoms with Gasteiger partial charge in [0, 0.05) is 13.0 Å². The van der Waals surface area contributed by atoms with Gasteiger partial charge < -0.3 is 14.6 Å². The van der Waals surface area contributed by atoms with Crippen LogP contribution >= 0.6 is 0 Å². The first-order valence-electron chi connectivity index (χ1n) is 6.89. The van der Waals surface area contributed by atoms with E-state index in [-0.39, 0.29) is 6.61 Å². The molecule has 0 fully saturated rings. The van der Waals surface area contributed by atoms with Gasteiger partial charge in [-0.3, -0.25) is 0 Å². The molecule has 0 aliphatic heterocycles. The van der Waals surface area contributed by atoms with Crippen molar-refractivity contribution in [3.05, 3.63) is 60.2 Å². The van der Waals surface area contributed by atoms with E-state index in [1.165, 1.54) is 0 Å². The van der Waals surface area contributed by atoms with Crippen molar-refractivity contribution >= 4 is 0 Å². The Balaban J connectivity index is 1.71. The van der Waals surface area contributed by atoms with Crippen molar-refractivity contribution in [1.29, 1.82) is 0 Å². The van der Waals surface area contributed by atoms with Gasteiger partial charge in [-0.05, 0) is 30.2 Å². The van der Waals surface area contributed by atoms with Crippen molar-refractivity contribution in [2.75, 3.05) is 19.8 Å². The molecule has 106 valence electrons. The van der Waals surface area contributed by atoms with E-state index in [0.29, 0.717) is 19.6 Å². The molecule has 0 bridgehead atoms. The third kappa shape index (κ3) is 4.59. The van der Waals surface area contributed by atoms with Crippen LogP contribution < -0.4 is 9.47 Å². The van der Waals surface area contributed by atoms with Gasteiger partial charge in [-0.25, -0.2) is 0 Å². The van der Waals surface area contributed by atoms with Crippen molar-refractivity contribution in [3.8, 4) is 11.5 Å². The summed E-state index contributed by atoms with van der Waals surface area (Å²) in [6.07, 6.45) is 1.44. The lowest BCUT2D eigenvalue weighted by Gasteiger charge is -2.11. The third-order valence-corrected chi connectivity index (χ3v) is 2.91. The highest BCUT2D eigenvalue weighted by Gasteiger charge is 2.02. The summed E-state index contributed by atoms with van der Waals surface area (Å²) in [4.78, 5) is 0. The van der Waals surface area contributed by atoms with Crippen molar-refractivity contribution < 1.29 is 14.6 Å². The molecule has 0 aromatic heterocycles. The molecule has 0 radical (unpaired) electrons. The Bertz CT molecular complexity index is 497. The number of rotatable bonds is 8. The Labute approximate surface area is 119 Å². The number of benzene rings is 2. The molecule has 0 aliphatic rings. The highest BCUT2D eigenvalue weighted by molar-refractivity contribution is 5.33. The summed E-state index contributed by atoms with van der Waals surface area (Å²) in [5.41, 5.74) is 1.04. The van der Waals surface area contributed by atoms with Gasteiger partial charge in [0.1, 0.15) is 11.5 Å². The molecule has 0 atom stereocenters. The van der Waals surface area contributed by atoms with E-state index in [9.17, 15) is 0 Å². The Kier molecular flexibility index (Phi) is 5.93. The fraction of sp³-hybridized carbons (Fsp3) is 0.294. The summed E-state index contributed by atoms with van der Waals surface area (Å²) >= 11 is 0. The molecule has 3 heteroatoms. The first-order chi connectivity index (χ1) is 9.90. The number of para-hydroxylation sites is 2. The zero-order chi connectivity index (χ0) is 14.0. The van der Waals surface area contributed by atoms with Crippen molar-refractivity contribution in [1.82, 2.24) is 0 Å². The summed E-state index contributed by atoms with van der Waals surface area (Å²) in [6, 6.07) is 17.6. The fourth-order valence-electron chi connectivity index (χ4n) is 1.92. The molecule has 2 aromatic carbocycles. The second-order valence-corrected chi connectivity index (χ2v) is 4.44. The third-order valence-electron chi connectivity index (χ3n) is 2.91. The van der Waals surface area contributed by atoms with Crippen molar-refractivity contribution in [3.63, 3.8) is 0 Å². The van der Waals surface area contributed by atoms with Gasteiger partial charge in [-0.2, -0.15) is 0 Å². The highest BCUT2D eigenvalue weighted by atomic mass is 16.5. The highest BCUT2D eigenvalue weighted by Crippen LogP contribution is 2.18. The number of hydrogen-bond donors (Lipinski definition) is 1. The number of aliphatic hydroxyl groups is 1. The van der Waals surface area contributed by atoms with Crippen LogP contribution in [0, 0.1) is 0 Å². The van der Waals surface area contributed by atoms with Crippen LogP contribution in [0.15, 0.2) is 54.6 Å². The van der Waals surface area contributed by atoms with Crippen LogP contribution in [0.3, 0.4) is 0 Å². The Morgan fingerprint density at radius 1 is 0.800 bits per heavy atom. The molecule has 2 rings (SSSR count). The second-order valence-electron chi connectivity index (χ2n) is 4.44. The number of hydrogen-bond acceptors (Lipinski definition) is 3. The molecule has 1 N–H and O–H groups in total. The van der Waals surface area contributed by atoms with Gasteiger partial charge in [0.25, 0.3) is 0 Å². The number of aliphatic hydroxyl groups excluding tert-OH is 1. The predicted molar refractivity (Wildman–Crippen MR) is 79.3 cm³/mol. The maximum absolute atomic E-state index is 9.00. The summed E-state index contributed by atoms with van der Waals surface area (Å²) in [7, 11) is 0. The minimum Gasteiger partial charge on any atom is -0.493 e. The van der Waals surface area contributed by atoms with E-state index < -0.39 is 0 Å². The fourth-order valence-corrected chi connectivity index (χ4v) is 1.92. The SMILES string of the molecule is OCCc1ccccc1OCCCOc1ccccc1. The Morgan fingerprint density at radius 2 is 1.50 bits per heavy atom.